The van der Waals surface area contributed by atoms with Gasteiger partial charge >= 0.3 is 0 Å². The number of carbonyl (C=O) groups excluding carboxylic acids is 1. The highest BCUT2D eigenvalue weighted by Gasteiger charge is 2.19. The fraction of sp³-hybridized carbons (Fsp3) is 0.357. The van der Waals surface area contributed by atoms with E-state index in [0.717, 1.165) is 21.1 Å². The van der Waals surface area contributed by atoms with Gasteiger partial charge in [-0.3, -0.25) is 4.79 Å². The van der Waals surface area contributed by atoms with Crippen LogP contribution in [0.15, 0.2) is 22.7 Å². The van der Waals surface area contributed by atoms with Crippen molar-refractivity contribution in [3.05, 3.63) is 27.5 Å². The topological polar surface area (TPSA) is 49.6 Å². The molecule has 1 aromatic heterocycles. The zero-order valence-electron chi connectivity index (χ0n) is 11.8. The third-order valence-corrected chi connectivity index (χ3v) is 4.78. The van der Waals surface area contributed by atoms with Gasteiger partial charge in [0.1, 0.15) is 4.88 Å². The number of thiophene rings is 1. The molecule has 2 N–H and O–H groups in total. The molecule has 0 unspecified atom stereocenters. The summed E-state index contributed by atoms with van der Waals surface area (Å²) in [6, 6.07) is 5.90. The van der Waals surface area contributed by atoms with Crippen LogP contribution in [-0.4, -0.2) is 49.9 Å². The molecular weight excluding hydrogens is 338 g/mol. The maximum atomic E-state index is 12.5. The predicted octanol–water partition coefficient (Wildman–Crippen LogP) is 2.88. The molecule has 0 aliphatic carbocycles. The van der Waals surface area contributed by atoms with Gasteiger partial charge in [0, 0.05) is 34.7 Å². The largest absolute Gasteiger partial charge is 0.397 e. The van der Waals surface area contributed by atoms with Gasteiger partial charge in [0.25, 0.3) is 5.91 Å². The molecule has 0 aliphatic heterocycles. The Balaban J connectivity index is 2.28. The van der Waals surface area contributed by atoms with Gasteiger partial charge in [-0.15, -0.1) is 11.3 Å². The van der Waals surface area contributed by atoms with Crippen LogP contribution in [0.2, 0.25) is 0 Å². The third kappa shape index (κ3) is 3.13. The normalized spacial score (nSPS) is 11.2. The summed E-state index contributed by atoms with van der Waals surface area (Å²) in [5.74, 6) is -0.0123. The molecule has 0 saturated heterocycles. The van der Waals surface area contributed by atoms with E-state index in [4.69, 9.17) is 5.73 Å². The molecule has 6 heteroatoms. The molecule has 2 rings (SSSR count). The zero-order valence-corrected chi connectivity index (χ0v) is 14.2. The van der Waals surface area contributed by atoms with Gasteiger partial charge < -0.3 is 15.5 Å². The molecule has 0 bridgehead atoms. The van der Waals surface area contributed by atoms with Crippen molar-refractivity contribution in [2.24, 2.45) is 0 Å². The summed E-state index contributed by atoms with van der Waals surface area (Å²) in [5.41, 5.74) is 6.71. The van der Waals surface area contributed by atoms with Crippen LogP contribution < -0.4 is 5.73 Å². The van der Waals surface area contributed by atoms with Crippen molar-refractivity contribution in [1.29, 1.82) is 0 Å². The molecule has 2 aromatic rings. The minimum Gasteiger partial charge on any atom is -0.397 e. The number of nitrogens with two attached hydrogens (primary N) is 1. The summed E-state index contributed by atoms with van der Waals surface area (Å²) in [6.07, 6.45) is 0. The number of nitrogens with zero attached hydrogens (tertiary/aromatic N) is 2. The molecular formula is C14H18BrN3OS. The van der Waals surface area contributed by atoms with Gasteiger partial charge in [-0.2, -0.15) is 0 Å². The van der Waals surface area contributed by atoms with Crippen molar-refractivity contribution in [1.82, 2.24) is 9.80 Å². The lowest BCUT2D eigenvalue weighted by atomic mass is 10.2. The van der Waals surface area contributed by atoms with Gasteiger partial charge in [0.05, 0.1) is 5.69 Å². The molecule has 1 heterocycles. The molecule has 0 atom stereocenters. The average molecular weight is 356 g/mol. The van der Waals surface area contributed by atoms with Crippen molar-refractivity contribution in [3.8, 4) is 0 Å². The standard InChI is InChI=1S/C14H18BrN3OS/c1-17(2)6-7-18(3)14(19)13-12(16)10-8-9(15)4-5-11(10)20-13/h4-5,8H,6-7,16H2,1-3H3. The Hall–Kier alpha value is -1.11. The highest BCUT2D eigenvalue weighted by Crippen LogP contribution is 2.35. The lowest BCUT2D eigenvalue weighted by molar-refractivity contribution is 0.0792. The Labute approximate surface area is 131 Å². The maximum Gasteiger partial charge on any atom is 0.265 e. The molecule has 4 nitrogen and oxygen atoms in total. The lowest BCUT2D eigenvalue weighted by Crippen LogP contribution is -2.33. The van der Waals surface area contributed by atoms with Crippen LogP contribution in [0.25, 0.3) is 10.1 Å². The van der Waals surface area contributed by atoms with Crippen molar-refractivity contribution in [2.45, 2.75) is 0 Å². The average Bonchev–Trinajstić information content (AvgIpc) is 2.72. The summed E-state index contributed by atoms with van der Waals surface area (Å²) in [5, 5.41) is 0.939. The minimum absolute atomic E-state index is 0.0123. The number of fused-ring (bicyclic) bond motifs is 1. The van der Waals surface area contributed by atoms with E-state index in [0.29, 0.717) is 17.1 Å². The van der Waals surface area contributed by atoms with Crippen molar-refractivity contribution < 1.29 is 4.79 Å². The number of benzene rings is 1. The Morgan fingerprint density at radius 3 is 2.65 bits per heavy atom. The number of hydrogen-bond acceptors (Lipinski definition) is 4. The summed E-state index contributed by atoms with van der Waals surface area (Å²) < 4.78 is 2.00. The minimum atomic E-state index is -0.0123. The van der Waals surface area contributed by atoms with Gasteiger partial charge in [-0.1, -0.05) is 15.9 Å². The number of rotatable bonds is 4. The van der Waals surface area contributed by atoms with Crippen LogP contribution >= 0.6 is 27.3 Å². The second-order valence-corrected chi connectivity index (χ2v) is 6.98. The maximum absolute atomic E-state index is 12.5. The summed E-state index contributed by atoms with van der Waals surface area (Å²) >= 11 is 4.88. The number of amides is 1. The molecule has 108 valence electrons. The van der Waals surface area contributed by atoms with Crippen LogP contribution in [0.4, 0.5) is 5.69 Å². The van der Waals surface area contributed by atoms with E-state index in [1.807, 2.05) is 39.3 Å². The highest BCUT2D eigenvalue weighted by molar-refractivity contribution is 9.10. The summed E-state index contributed by atoms with van der Waals surface area (Å²) in [7, 11) is 5.79. The Kier molecular flexibility index (Phi) is 4.67. The SMILES string of the molecule is CN(C)CCN(C)C(=O)c1sc2ccc(Br)cc2c1N. The van der Waals surface area contributed by atoms with Gasteiger partial charge in [-0.05, 0) is 32.3 Å². The Morgan fingerprint density at radius 1 is 1.30 bits per heavy atom. The van der Waals surface area contributed by atoms with Crippen LogP contribution in [-0.2, 0) is 0 Å². The first-order valence-corrected chi connectivity index (χ1v) is 7.89. The van der Waals surface area contributed by atoms with E-state index in [2.05, 4.69) is 20.8 Å². The first-order valence-electron chi connectivity index (χ1n) is 6.28. The van der Waals surface area contributed by atoms with Crippen LogP contribution in [0, 0.1) is 0 Å². The van der Waals surface area contributed by atoms with E-state index in [9.17, 15) is 4.79 Å². The number of carbonyl (C=O) groups is 1. The van der Waals surface area contributed by atoms with E-state index in [1.165, 1.54) is 11.3 Å². The molecule has 0 spiro atoms. The Bertz CT molecular complexity index is 639. The van der Waals surface area contributed by atoms with Gasteiger partial charge in [-0.25, -0.2) is 0 Å². The number of nitrogen functional groups attached to an aromatic ring is 1. The molecule has 0 radical (unpaired) electrons. The fourth-order valence-electron chi connectivity index (χ4n) is 1.87. The summed E-state index contributed by atoms with van der Waals surface area (Å²) in [4.78, 5) is 16.9. The van der Waals surface area contributed by atoms with Gasteiger partial charge in [0.2, 0.25) is 0 Å². The number of hydrogen-bond donors (Lipinski definition) is 1. The first kappa shape index (κ1) is 15.3. The number of likely N-dealkylation sites (N-methyl/N-ethyl adjacent to an activating group) is 2. The molecule has 1 amide bonds. The fourth-order valence-corrected chi connectivity index (χ4v) is 3.33. The van der Waals surface area contributed by atoms with Crippen LogP contribution in [0.5, 0.6) is 0 Å². The Morgan fingerprint density at radius 2 is 2.00 bits per heavy atom. The van der Waals surface area contributed by atoms with Crippen LogP contribution in [0.3, 0.4) is 0 Å². The molecule has 0 aliphatic rings. The van der Waals surface area contributed by atoms with E-state index < -0.39 is 0 Å². The monoisotopic (exact) mass is 355 g/mol. The van der Waals surface area contributed by atoms with E-state index in [1.54, 1.807) is 4.90 Å². The molecule has 0 saturated carbocycles. The second-order valence-electron chi connectivity index (χ2n) is 5.02. The zero-order chi connectivity index (χ0) is 14.9. The van der Waals surface area contributed by atoms with E-state index >= 15 is 0 Å². The van der Waals surface area contributed by atoms with Gasteiger partial charge in [0.15, 0.2) is 0 Å². The smallest absolute Gasteiger partial charge is 0.265 e. The van der Waals surface area contributed by atoms with Crippen LogP contribution in [0.1, 0.15) is 9.67 Å². The van der Waals surface area contributed by atoms with Crippen molar-refractivity contribution in [2.75, 3.05) is 40.0 Å². The second kappa shape index (κ2) is 6.11. The number of halogens is 1. The third-order valence-electron chi connectivity index (χ3n) is 3.11. The summed E-state index contributed by atoms with van der Waals surface area (Å²) in [6.45, 7) is 1.52. The predicted molar refractivity (Wildman–Crippen MR) is 89.5 cm³/mol. The molecule has 0 fully saturated rings. The first-order chi connectivity index (χ1) is 9.40. The lowest BCUT2D eigenvalue weighted by Gasteiger charge is -2.19. The quantitative estimate of drug-likeness (QED) is 0.917. The number of anilines is 1. The van der Waals surface area contributed by atoms with Crippen molar-refractivity contribution in [3.63, 3.8) is 0 Å². The van der Waals surface area contributed by atoms with Crippen molar-refractivity contribution >= 4 is 48.9 Å². The molecule has 20 heavy (non-hydrogen) atoms. The molecule has 1 aromatic carbocycles. The highest BCUT2D eigenvalue weighted by atomic mass is 79.9. The van der Waals surface area contributed by atoms with E-state index in [-0.39, 0.29) is 5.91 Å².